The maximum atomic E-state index is 5.59. The van der Waals surface area contributed by atoms with Crippen LogP contribution in [0.3, 0.4) is 0 Å². The van der Waals surface area contributed by atoms with Gasteiger partial charge in [0.05, 0.1) is 6.10 Å². The zero-order chi connectivity index (χ0) is 9.38. The Morgan fingerprint density at radius 2 is 2.14 bits per heavy atom. The van der Waals surface area contributed by atoms with Gasteiger partial charge in [0, 0.05) is 12.5 Å². The minimum absolute atomic E-state index is 0.402. The van der Waals surface area contributed by atoms with Gasteiger partial charge in [-0.15, -0.1) is 0 Å². The Labute approximate surface area is 84.2 Å². The first-order valence-electron chi connectivity index (χ1n) is 5.41. The van der Waals surface area contributed by atoms with E-state index in [1.807, 2.05) is 0 Å². The zero-order valence-corrected chi connectivity index (χ0v) is 8.20. The van der Waals surface area contributed by atoms with Gasteiger partial charge in [-0.2, -0.15) is 0 Å². The van der Waals surface area contributed by atoms with Crippen molar-refractivity contribution in [2.45, 2.75) is 31.3 Å². The van der Waals surface area contributed by atoms with Crippen LogP contribution < -0.4 is 5.48 Å². The number of benzene rings is 1. The van der Waals surface area contributed by atoms with Gasteiger partial charge in [-0.3, -0.25) is 4.84 Å². The quantitative estimate of drug-likeness (QED) is 0.674. The number of fused-ring (bicyclic) bond motifs is 3. The fourth-order valence-electron chi connectivity index (χ4n) is 2.69. The molecular weight excluding hydrogens is 174 g/mol. The van der Waals surface area contributed by atoms with Crippen LogP contribution in [0.25, 0.3) is 0 Å². The Kier molecular flexibility index (Phi) is 2.03. The first kappa shape index (κ1) is 8.45. The normalized spacial score (nSPS) is 30.6. The van der Waals surface area contributed by atoms with E-state index >= 15 is 0 Å². The summed E-state index contributed by atoms with van der Waals surface area (Å²) < 4.78 is 0. The Balaban J connectivity index is 1.99. The lowest BCUT2D eigenvalue weighted by Crippen LogP contribution is -2.39. The summed E-state index contributed by atoms with van der Waals surface area (Å²) in [7, 11) is 0. The second kappa shape index (κ2) is 3.37. The predicted molar refractivity (Wildman–Crippen MR) is 55.0 cm³/mol. The lowest BCUT2D eigenvalue weighted by molar-refractivity contribution is -0.0746. The molecule has 0 spiro atoms. The van der Waals surface area contributed by atoms with Crippen molar-refractivity contribution in [2.24, 2.45) is 0 Å². The molecule has 2 aliphatic rings. The molecule has 1 aromatic rings. The molecule has 0 bridgehead atoms. The molecule has 0 radical (unpaired) electrons. The smallest absolute Gasteiger partial charge is 0.0862 e. The largest absolute Gasteiger partial charge is 0.298 e. The zero-order valence-electron chi connectivity index (χ0n) is 8.20. The van der Waals surface area contributed by atoms with Crippen LogP contribution in [0.1, 0.15) is 29.9 Å². The van der Waals surface area contributed by atoms with E-state index in [-0.39, 0.29) is 0 Å². The molecule has 0 saturated carbocycles. The third-order valence-electron chi connectivity index (χ3n) is 3.39. The van der Waals surface area contributed by atoms with Gasteiger partial charge in [-0.05, 0) is 30.4 Å². The summed E-state index contributed by atoms with van der Waals surface area (Å²) in [6.45, 7) is 0.982. The van der Waals surface area contributed by atoms with E-state index in [2.05, 4.69) is 29.7 Å². The monoisotopic (exact) mass is 189 g/mol. The van der Waals surface area contributed by atoms with Gasteiger partial charge in [0.1, 0.15) is 0 Å². The number of rotatable bonds is 0. The van der Waals surface area contributed by atoms with Crippen molar-refractivity contribution in [1.82, 2.24) is 5.48 Å². The highest BCUT2D eigenvalue weighted by atomic mass is 16.7. The SMILES string of the molecule is c1ccc2c(c1)CC[C@H]1ONCC[C@H]21. The molecule has 1 aromatic carbocycles. The lowest BCUT2D eigenvalue weighted by atomic mass is 9.78. The highest BCUT2D eigenvalue weighted by Crippen LogP contribution is 2.36. The van der Waals surface area contributed by atoms with Crippen LogP contribution in [-0.2, 0) is 11.3 Å². The van der Waals surface area contributed by atoms with Crippen molar-refractivity contribution in [2.75, 3.05) is 6.54 Å². The average molecular weight is 189 g/mol. The predicted octanol–water partition coefficient (Wildman–Crippen LogP) is 2.01. The van der Waals surface area contributed by atoms with E-state index in [4.69, 9.17) is 4.84 Å². The summed E-state index contributed by atoms with van der Waals surface area (Å²) >= 11 is 0. The highest BCUT2D eigenvalue weighted by Gasteiger charge is 2.32. The van der Waals surface area contributed by atoms with E-state index in [1.54, 1.807) is 0 Å². The van der Waals surface area contributed by atoms with Crippen LogP contribution in [0.2, 0.25) is 0 Å². The van der Waals surface area contributed by atoms with Crippen LogP contribution in [0.15, 0.2) is 24.3 Å². The second-order valence-electron chi connectivity index (χ2n) is 4.18. The van der Waals surface area contributed by atoms with Gasteiger partial charge in [0.2, 0.25) is 0 Å². The minimum Gasteiger partial charge on any atom is -0.298 e. The number of hydroxylamine groups is 1. The van der Waals surface area contributed by atoms with E-state index < -0.39 is 0 Å². The molecule has 1 aliphatic carbocycles. The first-order chi connectivity index (χ1) is 6.95. The third-order valence-corrected chi connectivity index (χ3v) is 3.39. The maximum Gasteiger partial charge on any atom is 0.0862 e. The van der Waals surface area contributed by atoms with E-state index in [9.17, 15) is 0 Å². The minimum atomic E-state index is 0.402. The average Bonchev–Trinajstić information content (AvgIpc) is 2.29. The standard InChI is InChI=1S/C12H15NO/c1-2-4-10-9(3-1)5-6-12-11(10)7-8-13-14-12/h1-4,11-13H,5-8H2/t11-,12-/m1/s1. The molecule has 0 unspecified atom stereocenters. The molecule has 1 heterocycles. The number of hydrogen-bond donors (Lipinski definition) is 1. The Bertz CT molecular complexity index is 337. The van der Waals surface area contributed by atoms with Gasteiger partial charge in [0.15, 0.2) is 0 Å². The Morgan fingerprint density at radius 1 is 1.21 bits per heavy atom. The lowest BCUT2D eigenvalue weighted by Gasteiger charge is -2.36. The first-order valence-corrected chi connectivity index (χ1v) is 5.41. The van der Waals surface area contributed by atoms with Crippen LogP contribution in [-0.4, -0.2) is 12.6 Å². The molecule has 1 aliphatic heterocycles. The molecule has 74 valence electrons. The summed E-state index contributed by atoms with van der Waals surface area (Å²) in [5, 5.41) is 0. The van der Waals surface area contributed by atoms with Gasteiger partial charge in [-0.1, -0.05) is 24.3 Å². The second-order valence-corrected chi connectivity index (χ2v) is 4.18. The van der Waals surface area contributed by atoms with Crippen LogP contribution in [0.5, 0.6) is 0 Å². The van der Waals surface area contributed by atoms with Crippen molar-refractivity contribution < 1.29 is 4.84 Å². The number of nitrogens with one attached hydrogen (secondary N) is 1. The molecular formula is C12H15NO. The van der Waals surface area contributed by atoms with Crippen molar-refractivity contribution in [3.63, 3.8) is 0 Å². The Hall–Kier alpha value is -0.860. The summed E-state index contributed by atoms with van der Waals surface area (Å²) in [4.78, 5) is 5.59. The Morgan fingerprint density at radius 3 is 3.14 bits per heavy atom. The van der Waals surface area contributed by atoms with Crippen molar-refractivity contribution in [1.29, 1.82) is 0 Å². The molecule has 1 fully saturated rings. The van der Waals surface area contributed by atoms with E-state index in [1.165, 1.54) is 24.0 Å². The molecule has 0 amide bonds. The molecule has 3 rings (SSSR count). The van der Waals surface area contributed by atoms with Gasteiger partial charge >= 0.3 is 0 Å². The van der Waals surface area contributed by atoms with E-state index in [0.717, 1.165) is 13.0 Å². The molecule has 14 heavy (non-hydrogen) atoms. The molecule has 1 saturated heterocycles. The summed E-state index contributed by atoms with van der Waals surface area (Å²) in [6.07, 6.45) is 3.94. The summed E-state index contributed by atoms with van der Waals surface area (Å²) in [5.41, 5.74) is 6.06. The van der Waals surface area contributed by atoms with Crippen LogP contribution in [0.4, 0.5) is 0 Å². The topological polar surface area (TPSA) is 21.3 Å². The van der Waals surface area contributed by atoms with Crippen molar-refractivity contribution >= 4 is 0 Å². The molecule has 2 nitrogen and oxygen atoms in total. The van der Waals surface area contributed by atoms with E-state index in [0.29, 0.717) is 12.0 Å². The van der Waals surface area contributed by atoms with Gasteiger partial charge in [-0.25, -0.2) is 5.48 Å². The van der Waals surface area contributed by atoms with Crippen molar-refractivity contribution in [3.8, 4) is 0 Å². The van der Waals surface area contributed by atoms with Crippen LogP contribution >= 0.6 is 0 Å². The molecule has 0 aromatic heterocycles. The fraction of sp³-hybridized carbons (Fsp3) is 0.500. The van der Waals surface area contributed by atoms with Crippen molar-refractivity contribution in [3.05, 3.63) is 35.4 Å². The summed E-state index contributed by atoms with van der Waals surface area (Å²) in [5.74, 6) is 0.626. The molecule has 1 N–H and O–H groups in total. The van der Waals surface area contributed by atoms with Gasteiger partial charge in [0.25, 0.3) is 0 Å². The van der Waals surface area contributed by atoms with Crippen LogP contribution in [0, 0.1) is 0 Å². The number of hydrogen-bond acceptors (Lipinski definition) is 2. The highest BCUT2D eigenvalue weighted by molar-refractivity contribution is 5.34. The molecule has 2 heteroatoms. The summed E-state index contributed by atoms with van der Waals surface area (Å²) in [6, 6.07) is 8.80. The fourth-order valence-corrected chi connectivity index (χ4v) is 2.69. The third kappa shape index (κ3) is 1.26. The van der Waals surface area contributed by atoms with Gasteiger partial charge < -0.3 is 0 Å². The number of aryl methyl sites for hydroxylation is 1. The molecule has 2 atom stereocenters. The maximum absolute atomic E-state index is 5.59.